The summed E-state index contributed by atoms with van der Waals surface area (Å²) in [7, 11) is 0. The minimum absolute atomic E-state index is 0.0104. The number of hydrogen-bond donors (Lipinski definition) is 1. The summed E-state index contributed by atoms with van der Waals surface area (Å²) in [6.07, 6.45) is 4.47. The van der Waals surface area contributed by atoms with Gasteiger partial charge in [0.2, 0.25) is 0 Å². The summed E-state index contributed by atoms with van der Waals surface area (Å²) in [4.78, 5) is 1.44. The van der Waals surface area contributed by atoms with Crippen LogP contribution in [0.2, 0.25) is 0 Å². The molecule has 0 saturated carbocycles. The zero-order chi connectivity index (χ0) is 14.7. The van der Waals surface area contributed by atoms with Crippen molar-refractivity contribution in [1.82, 2.24) is 5.32 Å². The molecule has 3 unspecified atom stereocenters. The summed E-state index contributed by atoms with van der Waals surface area (Å²) in [5.41, 5.74) is -0.0104. The lowest BCUT2D eigenvalue weighted by Gasteiger charge is -2.40. The second-order valence-electron chi connectivity index (χ2n) is 6.16. The maximum absolute atomic E-state index is 6.09. The highest BCUT2D eigenvalue weighted by atomic mass is 79.9. The average Bonchev–Trinajstić information content (AvgIpc) is 3.10. The van der Waals surface area contributed by atoms with E-state index in [0.29, 0.717) is 12.0 Å². The van der Waals surface area contributed by atoms with E-state index in [1.54, 1.807) is 0 Å². The van der Waals surface area contributed by atoms with E-state index in [0.717, 1.165) is 45.6 Å². The van der Waals surface area contributed by atoms with Crippen LogP contribution < -0.4 is 5.32 Å². The van der Waals surface area contributed by atoms with E-state index < -0.39 is 0 Å². The topological polar surface area (TPSA) is 30.5 Å². The molecule has 2 aliphatic heterocycles. The second kappa shape index (κ2) is 7.09. The summed E-state index contributed by atoms with van der Waals surface area (Å²) in [6.45, 7) is 5.79. The highest BCUT2D eigenvalue weighted by Crippen LogP contribution is 2.42. The van der Waals surface area contributed by atoms with Gasteiger partial charge < -0.3 is 14.8 Å². The molecule has 5 heteroatoms. The minimum Gasteiger partial charge on any atom is -0.378 e. The Kier molecular flexibility index (Phi) is 5.38. The molecule has 3 heterocycles. The second-order valence-corrected chi connectivity index (χ2v) is 8.66. The molecule has 118 valence electrons. The Labute approximate surface area is 139 Å². The Morgan fingerprint density at radius 3 is 3.05 bits per heavy atom. The number of rotatable bonds is 5. The van der Waals surface area contributed by atoms with Crippen molar-refractivity contribution in [3.8, 4) is 0 Å². The number of halogens is 1. The van der Waals surface area contributed by atoms with E-state index in [1.165, 1.54) is 15.1 Å². The van der Waals surface area contributed by atoms with Gasteiger partial charge in [0.1, 0.15) is 0 Å². The zero-order valence-electron chi connectivity index (χ0n) is 12.6. The average molecular weight is 374 g/mol. The maximum atomic E-state index is 6.09. The molecular weight excluding hydrogens is 350 g/mol. The van der Waals surface area contributed by atoms with Crippen molar-refractivity contribution in [2.24, 2.45) is 5.92 Å². The molecule has 0 radical (unpaired) electrons. The van der Waals surface area contributed by atoms with Crippen molar-refractivity contribution < 1.29 is 9.47 Å². The fraction of sp³-hybridized carbons (Fsp3) is 0.750. The first-order valence-electron chi connectivity index (χ1n) is 7.93. The van der Waals surface area contributed by atoms with Crippen molar-refractivity contribution in [1.29, 1.82) is 0 Å². The molecule has 21 heavy (non-hydrogen) atoms. The summed E-state index contributed by atoms with van der Waals surface area (Å²) >= 11 is 5.45. The monoisotopic (exact) mass is 373 g/mol. The van der Waals surface area contributed by atoms with Gasteiger partial charge >= 0.3 is 0 Å². The van der Waals surface area contributed by atoms with Gasteiger partial charge in [-0.1, -0.05) is 6.92 Å². The fourth-order valence-electron chi connectivity index (χ4n) is 3.51. The van der Waals surface area contributed by atoms with Crippen LogP contribution in [0.1, 0.15) is 43.5 Å². The quantitative estimate of drug-likeness (QED) is 0.841. The standard InChI is InChI=1S/C16H24BrNO2S/c1-2-7-18-15(13-3-4-14(17)21-13)12-5-8-20-16(10-12)6-9-19-11-16/h3-4,12,15,18H,2,5-11H2,1H3. The molecule has 2 aliphatic rings. The SMILES string of the molecule is CCCNC(c1ccc(Br)s1)C1CCOC2(CCOC2)C1. The Morgan fingerprint density at radius 1 is 1.48 bits per heavy atom. The van der Waals surface area contributed by atoms with Gasteiger partial charge in [-0.15, -0.1) is 11.3 Å². The van der Waals surface area contributed by atoms with Crippen LogP contribution in [0.4, 0.5) is 0 Å². The molecule has 1 spiro atoms. The van der Waals surface area contributed by atoms with Crippen molar-refractivity contribution in [3.05, 3.63) is 20.8 Å². The Hall–Kier alpha value is 0.0600. The smallest absolute Gasteiger partial charge is 0.0940 e. The van der Waals surface area contributed by atoms with E-state index in [2.05, 4.69) is 40.3 Å². The van der Waals surface area contributed by atoms with Gasteiger partial charge in [0.15, 0.2) is 0 Å². The third-order valence-electron chi connectivity index (χ3n) is 4.58. The molecule has 2 saturated heterocycles. The van der Waals surface area contributed by atoms with Gasteiger partial charge in [-0.05, 0) is 59.8 Å². The van der Waals surface area contributed by atoms with Gasteiger partial charge in [-0.25, -0.2) is 0 Å². The molecule has 1 aromatic heterocycles. The van der Waals surface area contributed by atoms with Crippen LogP contribution in [0.3, 0.4) is 0 Å². The van der Waals surface area contributed by atoms with Gasteiger partial charge in [-0.3, -0.25) is 0 Å². The fourth-order valence-corrected chi connectivity index (χ4v) is 5.10. The van der Waals surface area contributed by atoms with E-state index in [1.807, 2.05) is 11.3 Å². The Morgan fingerprint density at radius 2 is 2.38 bits per heavy atom. The summed E-state index contributed by atoms with van der Waals surface area (Å²) < 4.78 is 12.9. The first-order chi connectivity index (χ1) is 10.2. The van der Waals surface area contributed by atoms with Gasteiger partial charge in [-0.2, -0.15) is 0 Å². The Balaban J connectivity index is 1.75. The van der Waals surface area contributed by atoms with E-state index in [-0.39, 0.29) is 5.60 Å². The number of nitrogens with one attached hydrogen (secondary N) is 1. The van der Waals surface area contributed by atoms with E-state index in [9.17, 15) is 0 Å². The molecule has 3 nitrogen and oxygen atoms in total. The third-order valence-corrected chi connectivity index (χ3v) is 6.29. The molecule has 3 rings (SSSR count). The van der Waals surface area contributed by atoms with Crippen molar-refractivity contribution in [2.45, 2.75) is 44.2 Å². The predicted octanol–water partition coefficient (Wildman–Crippen LogP) is 4.14. The van der Waals surface area contributed by atoms with Crippen molar-refractivity contribution >= 4 is 27.3 Å². The van der Waals surface area contributed by atoms with E-state index in [4.69, 9.17) is 9.47 Å². The predicted molar refractivity (Wildman–Crippen MR) is 89.9 cm³/mol. The molecule has 1 N–H and O–H groups in total. The number of hydrogen-bond acceptors (Lipinski definition) is 4. The van der Waals surface area contributed by atoms with Crippen molar-refractivity contribution in [3.63, 3.8) is 0 Å². The number of ether oxygens (including phenoxy) is 2. The van der Waals surface area contributed by atoms with Crippen LogP contribution in [0.5, 0.6) is 0 Å². The summed E-state index contributed by atoms with van der Waals surface area (Å²) in [6, 6.07) is 4.87. The molecule has 0 amide bonds. The van der Waals surface area contributed by atoms with Crippen LogP contribution in [-0.2, 0) is 9.47 Å². The molecule has 0 aliphatic carbocycles. The first kappa shape index (κ1) is 15.9. The van der Waals surface area contributed by atoms with Crippen LogP contribution in [-0.4, -0.2) is 32.0 Å². The van der Waals surface area contributed by atoms with Crippen molar-refractivity contribution in [2.75, 3.05) is 26.4 Å². The lowest BCUT2D eigenvalue weighted by atomic mass is 9.80. The van der Waals surface area contributed by atoms with Gasteiger partial charge in [0.25, 0.3) is 0 Å². The molecule has 3 atom stereocenters. The van der Waals surface area contributed by atoms with E-state index >= 15 is 0 Å². The summed E-state index contributed by atoms with van der Waals surface area (Å²) in [5, 5.41) is 3.77. The van der Waals surface area contributed by atoms with Crippen LogP contribution in [0.25, 0.3) is 0 Å². The first-order valence-corrected chi connectivity index (χ1v) is 9.54. The molecule has 0 aromatic carbocycles. The zero-order valence-corrected chi connectivity index (χ0v) is 15.0. The lowest BCUT2D eigenvalue weighted by molar-refractivity contribution is -0.103. The number of thiophene rings is 1. The lowest BCUT2D eigenvalue weighted by Crippen LogP contribution is -2.44. The van der Waals surface area contributed by atoms with Crippen LogP contribution in [0.15, 0.2) is 15.9 Å². The molecule has 0 bridgehead atoms. The summed E-state index contributed by atoms with van der Waals surface area (Å²) in [5.74, 6) is 0.637. The highest BCUT2D eigenvalue weighted by Gasteiger charge is 2.43. The molecule has 2 fully saturated rings. The van der Waals surface area contributed by atoms with Gasteiger partial charge in [0.05, 0.1) is 16.0 Å². The highest BCUT2D eigenvalue weighted by molar-refractivity contribution is 9.11. The minimum atomic E-state index is -0.0104. The molecular formula is C16H24BrNO2S. The largest absolute Gasteiger partial charge is 0.378 e. The third kappa shape index (κ3) is 3.70. The molecule has 1 aromatic rings. The van der Waals surface area contributed by atoms with Crippen LogP contribution in [0, 0.1) is 5.92 Å². The van der Waals surface area contributed by atoms with Crippen LogP contribution >= 0.6 is 27.3 Å². The Bertz CT molecular complexity index is 459. The van der Waals surface area contributed by atoms with Gasteiger partial charge in [0, 0.05) is 30.6 Å². The normalized spacial score (nSPS) is 30.9. The maximum Gasteiger partial charge on any atom is 0.0940 e.